The van der Waals surface area contributed by atoms with E-state index in [1.54, 1.807) is 51.4 Å². The second-order valence-electron chi connectivity index (χ2n) is 7.43. The number of hydrogen-bond donors (Lipinski definition) is 0. The molecule has 0 fully saturated rings. The number of carbonyl (C=O) groups is 2. The van der Waals surface area contributed by atoms with Crippen LogP contribution in [0.25, 0.3) is 0 Å². The number of carbonyl (C=O) groups excluding carboxylic acids is 2. The number of ketones is 1. The Hall–Kier alpha value is -2.71. The van der Waals surface area contributed by atoms with Crippen LogP contribution >= 0.6 is 0 Å². The maximum atomic E-state index is 13.5. The fourth-order valence-electron chi connectivity index (χ4n) is 3.61. The van der Waals surface area contributed by atoms with E-state index < -0.39 is 27.8 Å². The Morgan fingerprint density at radius 1 is 1.19 bits per heavy atom. The number of nitrogens with zero attached hydrogens (tertiary/aromatic N) is 2. The fourth-order valence-corrected chi connectivity index (χ4v) is 5.17. The summed E-state index contributed by atoms with van der Waals surface area (Å²) in [5.41, 5.74) is 2.59. The Morgan fingerprint density at radius 2 is 1.77 bits per heavy atom. The first-order valence-electron chi connectivity index (χ1n) is 10.1. The van der Waals surface area contributed by atoms with Crippen LogP contribution in [-0.4, -0.2) is 48.2 Å². The SMILES string of the molecule is C=CCN(C(C)C(=O)c1c(C)c(C(=O)OCC)n(C)c1C)S(=O)(=O)c1ccc(C)cc1. The Labute approximate surface area is 184 Å². The molecular weight excluding hydrogens is 416 g/mol. The number of sulfonamides is 1. The molecule has 2 rings (SSSR count). The van der Waals surface area contributed by atoms with Gasteiger partial charge in [0.2, 0.25) is 10.0 Å². The normalized spacial score (nSPS) is 12.6. The van der Waals surface area contributed by atoms with Gasteiger partial charge in [-0.1, -0.05) is 23.8 Å². The molecule has 0 aliphatic carbocycles. The highest BCUT2D eigenvalue weighted by molar-refractivity contribution is 7.89. The van der Waals surface area contributed by atoms with Crippen molar-refractivity contribution in [1.29, 1.82) is 0 Å². The van der Waals surface area contributed by atoms with E-state index in [-0.39, 0.29) is 23.7 Å². The van der Waals surface area contributed by atoms with E-state index in [2.05, 4.69) is 6.58 Å². The molecule has 1 aromatic heterocycles. The van der Waals surface area contributed by atoms with Gasteiger partial charge in [0.25, 0.3) is 0 Å². The lowest BCUT2D eigenvalue weighted by molar-refractivity contribution is 0.0514. The van der Waals surface area contributed by atoms with Crippen molar-refractivity contribution in [3.8, 4) is 0 Å². The monoisotopic (exact) mass is 446 g/mol. The van der Waals surface area contributed by atoms with Crippen molar-refractivity contribution in [2.24, 2.45) is 7.05 Å². The second kappa shape index (κ2) is 9.62. The van der Waals surface area contributed by atoms with Gasteiger partial charge in [-0.25, -0.2) is 13.2 Å². The average molecular weight is 447 g/mol. The first kappa shape index (κ1) is 24.6. The minimum atomic E-state index is -3.94. The molecular formula is C23H30N2O5S. The topological polar surface area (TPSA) is 85.7 Å². The average Bonchev–Trinajstić information content (AvgIpc) is 2.94. The summed E-state index contributed by atoms with van der Waals surface area (Å²) in [6, 6.07) is 5.47. The molecule has 0 bridgehead atoms. The molecule has 1 unspecified atom stereocenters. The number of aromatic nitrogens is 1. The van der Waals surface area contributed by atoms with E-state index in [0.717, 1.165) is 9.87 Å². The number of aryl methyl sites for hydroxylation is 1. The summed E-state index contributed by atoms with van der Waals surface area (Å²) in [7, 11) is -2.26. The van der Waals surface area contributed by atoms with E-state index in [1.807, 2.05) is 6.92 Å². The van der Waals surface area contributed by atoms with Gasteiger partial charge in [-0.3, -0.25) is 4.79 Å². The molecule has 1 atom stereocenters. The van der Waals surface area contributed by atoms with Gasteiger partial charge in [-0.15, -0.1) is 6.58 Å². The van der Waals surface area contributed by atoms with Gasteiger partial charge in [0, 0.05) is 24.8 Å². The van der Waals surface area contributed by atoms with Crippen molar-refractivity contribution < 1.29 is 22.7 Å². The zero-order chi connectivity index (χ0) is 23.5. The van der Waals surface area contributed by atoms with Crippen molar-refractivity contribution in [1.82, 2.24) is 8.87 Å². The van der Waals surface area contributed by atoms with Crippen LogP contribution in [0, 0.1) is 20.8 Å². The fraction of sp³-hybridized carbons (Fsp3) is 0.391. The number of benzene rings is 1. The Morgan fingerprint density at radius 3 is 2.29 bits per heavy atom. The molecule has 0 spiro atoms. The molecule has 1 heterocycles. The van der Waals surface area contributed by atoms with E-state index >= 15 is 0 Å². The third-order valence-corrected chi connectivity index (χ3v) is 7.34. The lowest BCUT2D eigenvalue weighted by Crippen LogP contribution is -2.43. The third-order valence-electron chi connectivity index (χ3n) is 5.39. The lowest BCUT2D eigenvalue weighted by Gasteiger charge is -2.26. The van der Waals surface area contributed by atoms with Crippen LogP contribution in [0.3, 0.4) is 0 Å². The van der Waals surface area contributed by atoms with Gasteiger partial charge in [0.15, 0.2) is 5.78 Å². The molecule has 0 aliphatic heterocycles. The van der Waals surface area contributed by atoms with Gasteiger partial charge in [0.1, 0.15) is 5.69 Å². The first-order valence-corrected chi connectivity index (χ1v) is 11.5. The summed E-state index contributed by atoms with van der Waals surface area (Å²) in [5.74, 6) is -0.911. The predicted molar refractivity (Wildman–Crippen MR) is 120 cm³/mol. The second-order valence-corrected chi connectivity index (χ2v) is 9.32. The van der Waals surface area contributed by atoms with Crippen LogP contribution in [0.1, 0.15) is 51.5 Å². The van der Waals surface area contributed by atoms with Crippen LogP contribution in [0.5, 0.6) is 0 Å². The number of hydrogen-bond acceptors (Lipinski definition) is 5. The molecule has 31 heavy (non-hydrogen) atoms. The van der Waals surface area contributed by atoms with Crippen LogP contribution in [0.2, 0.25) is 0 Å². The van der Waals surface area contributed by atoms with Gasteiger partial charge >= 0.3 is 5.97 Å². The van der Waals surface area contributed by atoms with Crippen molar-refractivity contribution in [3.05, 3.63) is 65.0 Å². The van der Waals surface area contributed by atoms with Crippen LogP contribution < -0.4 is 0 Å². The molecule has 0 saturated heterocycles. The summed E-state index contributed by atoms with van der Waals surface area (Å²) in [4.78, 5) is 26.0. The molecule has 7 nitrogen and oxygen atoms in total. The van der Waals surface area contributed by atoms with Crippen molar-refractivity contribution >= 4 is 21.8 Å². The summed E-state index contributed by atoms with van der Waals surface area (Å²) >= 11 is 0. The predicted octanol–water partition coefficient (Wildman–Crippen LogP) is 3.58. The number of Topliss-reactive ketones (excluding diaryl/α,β-unsaturated/α-hetero) is 1. The zero-order valence-corrected chi connectivity index (χ0v) is 19.7. The number of esters is 1. The van der Waals surface area contributed by atoms with Crippen molar-refractivity contribution in [2.75, 3.05) is 13.2 Å². The van der Waals surface area contributed by atoms with E-state index in [9.17, 15) is 18.0 Å². The molecule has 0 amide bonds. The molecule has 2 aromatic rings. The molecule has 0 radical (unpaired) electrons. The van der Waals surface area contributed by atoms with Crippen LogP contribution in [0.15, 0.2) is 41.8 Å². The van der Waals surface area contributed by atoms with E-state index in [1.165, 1.54) is 18.2 Å². The lowest BCUT2D eigenvalue weighted by atomic mass is 10.0. The Balaban J connectivity index is 2.53. The number of rotatable bonds is 9. The smallest absolute Gasteiger partial charge is 0.355 e. The largest absolute Gasteiger partial charge is 0.461 e. The highest BCUT2D eigenvalue weighted by atomic mass is 32.2. The minimum absolute atomic E-state index is 0.0290. The third kappa shape index (κ3) is 4.65. The molecule has 0 saturated carbocycles. The van der Waals surface area contributed by atoms with Gasteiger partial charge in [0.05, 0.1) is 17.5 Å². The molecule has 0 N–H and O–H groups in total. The molecule has 0 aliphatic rings. The highest BCUT2D eigenvalue weighted by Gasteiger charge is 2.35. The maximum absolute atomic E-state index is 13.5. The molecule has 168 valence electrons. The standard InChI is InChI=1S/C23H30N2O5S/c1-8-14-25(31(28,29)19-12-10-15(3)11-13-19)18(6)22(26)20-16(4)21(23(27)30-9-2)24(7)17(20)5/h8,10-13,18H,1,9,14H2,2-7H3. The Kier molecular flexibility index (Phi) is 7.62. The van der Waals surface area contributed by atoms with Crippen molar-refractivity contribution in [3.63, 3.8) is 0 Å². The van der Waals surface area contributed by atoms with Gasteiger partial charge in [-0.05, 0) is 52.3 Å². The Bertz CT molecular complexity index is 1100. The molecule has 1 aromatic carbocycles. The van der Waals surface area contributed by atoms with E-state index in [4.69, 9.17) is 4.74 Å². The molecule has 8 heteroatoms. The first-order chi connectivity index (χ1) is 14.5. The highest BCUT2D eigenvalue weighted by Crippen LogP contribution is 2.27. The number of ether oxygens (including phenoxy) is 1. The zero-order valence-electron chi connectivity index (χ0n) is 18.9. The van der Waals surface area contributed by atoms with Crippen LogP contribution in [0.4, 0.5) is 0 Å². The summed E-state index contributed by atoms with van der Waals surface area (Å²) < 4.78 is 34.4. The summed E-state index contributed by atoms with van der Waals surface area (Å²) in [6.07, 6.45) is 1.45. The van der Waals surface area contributed by atoms with E-state index in [0.29, 0.717) is 16.8 Å². The summed E-state index contributed by atoms with van der Waals surface area (Å²) in [5, 5.41) is 0. The van der Waals surface area contributed by atoms with Crippen LogP contribution in [-0.2, 0) is 21.8 Å². The maximum Gasteiger partial charge on any atom is 0.355 e. The van der Waals surface area contributed by atoms with Gasteiger partial charge in [-0.2, -0.15) is 4.31 Å². The van der Waals surface area contributed by atoms with Gasteiger partial charge < -0.3 is 9.30 Å². The van der Waals surface area contributed by atoms with Crippen molar-refractivity contribution in [2.45, 2.75) is 45.6 Å². The minimum Gasteiger partial charge on any atom is -0.461 e. The quantitative estimate of drug-likeness (QED) is 0.334. The summed E-state index contributed by atoms with van der Waals surface area (Å²) in [6.45, 7) is 12.4.